The van der Waals surface area contributed by atoms with Crippen LogP contribution < -0.4 is 0 Å². The molecule has 1 unspecified atom stereocenters. The van der Waals surface area contributed by atoms with E-state index in [1.807, 2.05) is 42.6 Å². The molecule has 0 saturated heterocycles. The Morgan fingerprint density at radius 1 is 1.14 bits per heavy atom. The molecule has 1 nitrogen and oxygen atoms in total. The summed E-state index contributed by atoms with van der Waals surface area (Å²) >= 11 is 0. The predicted octanol–water partition coefficient (Wildman–Crippen LogP) is 3.03. The lowest BCUT2D eigenvalue weighted by Crippen LogP contribution is -1.97. The standard InChI is InChI=1S/C13H12N/c1-11(12-7-3-2-4-8-12)13-9-5-6-10-14-13/h2-7,9-11H,1H3. The van der Waals surface area contributed by atoms with Gasteiger partial charge in [0.1, 0.15) is 0 Å². The van der Waals surface area contributed by atoms with Gasteiger partial charge in [0.15, 0.2) is 0 Å². The van der Waals surface area contributed by atoms with Crippen molar-refractivity contribution >= 4 is 0 Å². The van der Waals surface area contributed by atoms with Gasteiger partial charge in [-0.3, -0.25) is 4.98 Å². The largest absolute Gasteiger partial charge is 0.261 e. The molecule has 1 radical (unpaired) electrons. The number of hydrogen-bond acceptors (Lipinski definition) is 1. The highest BCUT2D eigenvalue weighted by molar-refractivity contribution is 5.26. The van der Waals surface area contributed by atoms with Crippen LogP contribution in [0.4, 0.5) is 0 Å². The van der Waals surface area contributed by atoms with Crippen LogP contribution in [-0.2, 0) is 0 Å². The monoisotopic (exact) mass is 182 g/mol. The second-order valence-electron chi connectivity index (χ2n) is 3.29. The minimum atomic E-state index is 0.317. The zero-order chi connectivity index (χ0) is 9.80. The normalized spacial score (nSPS) is 12.4. The lowest BCUT2D eigenvalue weighted by Gasteiger charge is -2.09. The van der Waals surface area contributed by atoms with Crippen LogP contribution in [-0.4, -0.2) is 4.98 Å². The van der Waals surface area contributed by atoms with Crippen molar-refractivity contribution in [3.05, 3.63) is 66.0 Å². The van der Waals surface area contributed by atoms with Crippen LogP contribution in [0, 0.1) is 6.07 Å². The van der Waals surface area contributed by atoms with E-state index >= 15 is 0 Å². The molecule has 0 spiro atoms. The first-order valence-corrected chi connectivity index (χ1v) is 4.75. The molecule has 2 rings (SSSR count). The van der Waals surface area contributed by atoms with Crippen molar-refractivity contribution in [3.63, 3.8) is 0 Å². The average molecular weight is 182 g/mol. The van der Waals surface area contributed by atoms with Gasteiger partial charge in [0.25, 0.3) is 0 Å². The molecule has 14 heavy (non-hydrogen) atoms. The second kappa shape index (κ2) is 4.05. The molecular formula is C13H12N. The van der Waals surface area contributed by atoms with Crippen molar-refractivity contribution in [1.29, 1.82) is 0 Å². The number of rotatable bonds is 2. The van der Waals surface area contributed by atoms with E-state index in [4.69, 9.17) is 0 Å². The molecule has 2 aromatic rings. The first-order valence-electron chi connectivity index (χ1n) is 4.75. The zero-order valence-corrected chi connectivity index (χ0v) is 8.14. The lowest BCUT2D eigenvalue weighted by atomic mass is 9.97. The van der Waals surface area contributed by atoms with Crippen LogP contribution in [0.1, 0.15) is 24.1 Å². The summed E-state index contributed by atoms with van der Waals surface area (Å²) in [6.07, 6.45) is 1.83. The molecular weight excluding hydrogens is 170 g/mol. The van der Waals surface area contributed by atoms with Crippen LogP contribution in [0.5, 0.6) is 0 Å². The van der Waals surface area contributed by atoms with E-state index in [-0.39, 0.29) is 0 Å². The Labute approximate surface area is 84.4 Å². The summed E-state index contributed by atoms with van der Waals surface area (Å²) in [6.45, 7) is 2.15. The quantitative estimate of drug-likeness (QED) is 0.695. The third kappa shape index (κ3) is 1.82. The minimum absolute atomic E-state index is 0.317. The van der Waals surface area contributed by atoms with Gasteiger partial charge in [-0.15, -0.1) is 0 Å². The Morgan fingerprint density at radius 3 is 2.64 bits per heavy atom. The Morgan fingerprint density at radius 2 is 2.00 bits per heavy atom. The third-order valence-electron chi connectivity index (χ3n) is 2.33. The molecule has 0 aliphatic heterocycles. The second-order valence-corrected chi connectivity index (χ2v) is 3.29. The van der Waals surface area contributed by atoms with E-state index < -0.39 is 0 Å². The maximum Gasteiger partial charge on any atom is 0.0475 e. The number of nitrogens with zero attached hydrogens (tertiary/aromatic N) is 1. The molecule has 0 aliphatic rings. The third-order valence-corrected chi connectivity index (χ3v) is 2.33. The van der Waals surface area contributed by atoms with Crippen LogP contribution in [0.15, 0.2) is 48.7 Å². The Hall–Kier alpha value is -1.63. The topological polar surface area (TPSA) is 12.9 Å². The van der Waals surface area contributed by atoms with Crippen LogP contribution in [0.3, 0.4) is 0 Å². The highest BCUT2D eigenvalue weighted by Gasteiger charge is 2.07. The van der Waals surface area contributed by atoms with Gasteiger partial charge in [-0.1, -0.05) is 37.3 Å². The fraction of sp³-hybridized carbons (Fsp3) is 0.154. The van der Waals surface area contributed by atoms with Crippen LogP contribution in [0.2, 0.25) is 0 Å². The summed E-state index contributed by atoms with van der Waals surface area (Å²) in [5.74, 6) is 0.317. The fourth-order valence-corrected chi connectivity index (χ4v) is 1.47. The Bertz CT molecular complexity index is 341. The molecule has 1 heterocycles. The number of hydrogen-bond donors (Lipinski definition) is 0. The summed E-state index contributed by atoms with van der Waals surface area (Å²) in [6, 6.07) is 17.3. The van der Waals surface area contributed by atoms with Crippen LogP contribution >= 0.6 is 0 Å². The van der Waals surface area contributed by atoms with Crippen molar-refractivity contribution in [2.75, 3.05) is 0 Å². The molecule has 1 heteroatoms. The predicted molar refractivity (Wildman–Crippen MR) is 57.0 cm³/mol. The van der Waals surface area contributed by atoms with Gasteiger partial charge in [-0.2, -0.15) is 0 Å². The zero-order valence-electron chi connectivity index (χ0n) is 8.14. The lowest BCUT2D eigenvalue weighted by molar-refractivity contribution is 0.870. The molecule has 0 aliphatic carbocycles. The fourth-order valence-electron chi connectivity index (χ4n) is 1.47. The van der Waals surface area contributed by atoms with Gasteiger partial charge in [0, 0.05) is 17.8 Å². The Kier molecular flexibility index (Phi) is 2.59. The summed E-state index contributed by atoms with van der Waals surface area (Å²) in [4.78, 5) is 4.34. The van der Waals surface area contributed by atoms with Crippen molar-refractivity contribution in [2.24, 2.45) is 0 Å². The average Bonchev–Trinajstić information content (AvgIpc) is 2.30. The van der Waals surface area contributed by atoms with E-state index in [0.29, 0.717) is 5.92 Å². The highest BCUT2D eigenvalue weighted by Crippen LogP contribution is 2.20. The number of benzene rings is 1. The van der Waals surface area contributed by atoms with Gasteiger partial charge in [-0.25, -0.2) is 0 Å². The molecule has 1 atom stereocenters. The van der Waals surface area contributed by atoms with Crippen LogP contribution in [0.25, 0.3) is 0 Å². The van der Waals surface area contributed by atoms with E-state index in [9.17, 15) is 0 Å². The molecule has 0 N–H and O–H groups in total. The van der Waals surface area contributed by atoms with Crippen molar-refractivity contribution in [1.82, 2.24) is 4.98 Å². The SMILES string of the molecule is CC(c1[c]cccc1)c1ccccn1. The van der Waals surface area contributed by atoms with Gasteiger partial charge in [-0.05, 0) is 23.8 Å². The van der Waals surface area contributed by atoms with E-state index in [1.54, 1.807) is 0 Å². The van der Waals surface area contributed by atoms with Gasteiger partial charge in [0.2, 0.25) is 0 Å². The smallest absolute Gasteiger partial charge is 0.0475 e. The maximum atomic E-state index is 4.34. The molecule has 1 aromatic heterocycles. The van der Waals surface area contributed by atoms with Gasteiger partial charge in [0.05, 0.1) is 0 Å². The molecule has 0 bridgehead atoms. The summed E-state index contributed by atoms with van der Waals surface area (Å²) in [5.41, 5.74) is 2.28. The van der Waals surface area contributed by atoms with E-state index in [2.05, 4.69) is 24.0 Å². The summed E-state index contributed by atoms with van der Waals surface area (Å²) in [5, 5.41) is 0. The van der Waals surface area contributed by atoms with Crippen molar-refractivity contribution in [2.45, 2.75) is 12.8 Å². The van der Waals surface area contributed by atoms with Gasteiger partial charge < -0.3 is 0 Å². The Balaban J connectivity index is 2.30. The molecule has 1 aromatic carbocycles. The number of aromatic nitrogens is 1. The van der Waals surface area contributed by atoms with E-state index in [1.165, 1.54) is 5.56 Å². The van der Waals surface area contributed by atoms with Crippen molar-refractivity contribution in [3.8, 4) is 0 Å². The van der Waals surface area contributed by atoms with Gasteiger partial charge >= 0.3 is 0 Å². The highest BCUT2D eigenvalue weighted by atomic mass is 14.7. The van der Waals surface area contributed by atoms with E-state index in [0.717, 1.165) is 5.69 Å². The molecule has 0 saturated carbocycles. The summed E-state index contributed by atoms with van der Waals surface area (Å²) < 4.78 is 0. The molecule has 69 valence electrons. The first kappa shape index (κ1) is 8.95. The first-order chi connectivity index (χ1) is 6.88. The molecule has 0 fully saturated rings. The number of pyridine rings is 1. The van der Waals surface area contributed by atoms with Crippen molar-refractivity contribution < 1.29 is 0 Å². The minimum Gasteiger partial charge on any atom is -0.261 e. The molecule has 0 amide bonds. The summed E-state index contributed by atoms with van der Waals surface area (Å²) in [7, 11) is 0. The maximum absolute atomic E-state index is 4.34.